The highest BCUT2D eigenvalue weighted by molar-refractivity contribution is 5.90. The second kappa shape index (κ2) is 9.14. The number of alkyl halides is 3. The van der Waals surface area contributed by atoms with E-state index in [0.717, 1.165) is 44.6 Å². The first-order valence-electron chi connectivity index (χ1n) is 11.1. The maximum atomic E-state index is 13.6. The van der Waals surface area contributed by atoms with E-state index in [2.05, 4.69) is 27.1 Å². The number of esters is 1. The number of methoxy groups -OCH3 is 1. The Hall–Kier alpha value is -2.54. The van der Waals surface area contributed by atoms with Gasteiger partial charge in [-0.15, -0.1) is 0 Å². The number of benzene rings is 2. The summed E-state index contributed by atoms with van der Waals surface area (Å²) in [5.74, 6) is 0.532. The second-order valence-corrected chi connectivity index (χ2v) is 9.04. The number of rotatable bonds is 6. The number of hydrogen-bond acceptors (Lipinski definition) is 4. The number of fused-ring (bicyclic) bond motifs is 2. The zero-order valence-electron chi connectivity index (χ0n) is 18.4. The normalized spacial score (nSPS) is 24.2. The van der Waals surface area contributed by atoms with Gasteiger partial charge in [-0.3, -0.25) is 4.90 Å². The van der Waals surface area contributed by atoms with Crippen LogP contribution >= 0.6 is 0 Å². The zero-order chi connectivity index (χ0) is 22.9. The molecule has 4 atom stereocenters. The van der Waals surface area contributed by atoms with Gasteiger partial charge in [0.25, 0.3) is 0 Å². The molecule has 1 saturated carbocycles. The maximum Gasteiger partial charge on any atom is 0.418 e. The molecule has 0 radical (unpaired) electrons. The number of nitrogens with one attached hydrogen (secondary N) is 1. The van der Waals surface area contributed by atoms with Crippen LogP contribution in [0.15, 0.2) is 48.5 Å². The Morgan fingerprint density at radius 1 is 1.12 bits per heavy atom. The van der Waals surface area contributed by atoms with Gasteiger partial charge in [-0.25, -0.2) is 4.79 Å². The molecule has 1 saturated heterocycles. The highest BCUT2D eigenvalue weighted by Gasteiger charge is 2.45. The molecule has 0 aromatic heterocycles. The first-order chi connectivity index (χ1) is 15.3. The monoisotopic (exact) mass is 446 g/mol. The van der Waals surface area contributed by atoms with Gasteiger partial charge in [0.05, 0.1) is 18.2 Å². The van der Waals surface area contributed by atoms with E-state index < -0.39 is 17.7 Å². The summed E-state index contributed by atoms with van der Waals surface area (Å²) in [4.78, 5) is 14.3. The molecule has 2 aromatic carbocycles. The fourth-order valence-electron chi connectivity index (χ4n) is 5.65. The Morgan fingerprint density at radius 3 is 2.38 bits per heavy atom. The van der Waals surface area contributed by atoms with Gasteiger partial charge in [-0.1, -0.05) is 30.3 Å². The van der Waals surface area contributed by atoms with Crippen molar-refractivity contribution in [2.24, 2.45) is 17.8 Å². The van der Waals surface area contributed by atoms with Crippen LogP contribution in [0.2, 0.25) is 0 Å². The number of piperidine rings is 1. The lowest BCUT2D eigenvalue weighted by atomic mass is 9.80. The maximum absolute atomic E-state index is 13.6. The first kappa shape index (κ1) is 22.6. The standard InChI is InChI=1S/C25H29F3N2O2/c1-16(29-22-12-18(24(31)32-2)10-11-21(22)25(26,27)28)23-19-8-9-20(23)15-30(14-19)13-17-6-4-3-5-7-17/h3-7,10-12,16,19-20,23,29H,8-9,13-15H2,1-2H3/t16-,19-,20+,23?/m0/s1. The van der Waals surface area contributed by atoms with Crippen molar-refractivity contribution in [2.45, 2.75) is 38.5 Å². The number of anilines is 1. The first-order valence-corrected chi connectivity index (χ1v) is 11.1. The minimum atomic E-state index is -4.51. The number of ether oxygens (including phenoxy) is 1. The molecule has 1 N–H and O–H groups in total. The van der Waals surface area contributed by atoms with Crippen LogP contribution in [0.4, 0.5) is 18.9 Å². The van der Waals surface area contributed by atoms with Gasteiger partial charge in [-0.2, -0.15) is 13.2 Å². The quantitative estimate of drug-likeness (QED) is 0.599. The van der Waals surface area contributed by atoms with Crippen LogP contribution in [0.3, 0.4) is 0 Å². The molecule has 172 valence electrons. The second-order valence-electron chi connectivity index (χ2n) is 9.04. The fourth-order valence-corrected chi connectivity index (χ4v) is 5.65. The summed E-state index contributed by atoms with van der Waals surface area (Å²) in [6.45, 7) is 4.78. The molecule has 2 fully saturated rings. The van der Waals surface area contributed by atoms with E-state index in [1.165, 1.54) is 18.7 Å². The van der Waals surface area contributed by atoms with E-state index in [0.29, 0.717) is 17.8 Å². The number of likely N-dealkylation sites (tertiary alicyclic amines) is 1. The van der Waals surface area contributed by atoms with Gasteiger partial charge in [-0.05, 0) is 61.3 Å². The molecule has 0 spiro atoms. The van der Waals surface area contributed by atoms with Crippen molar-refractivity contribution in [3.63, 3.8) is 0 Å². The van der Waals surface area contributed by atoms with Crippen molar-refractivity contribution in [1.82, 2.24) is 4.90 Å². The van der Waals surface area contributed by atoms with Gasteiger partial charge in [0.2, 0.25) is 0 Å². The topological polar surface area (TPSA) is 41.6 Å². The molecule has 1 aliphatic heterocycles. The Labute approximate surface area is 186 Å². The van der Waals surface area contributed by atoms with Crippen LogP contribution in [-0.2, 0) is 17.5 Å². The van der Waals surface area contributed by atoms with E-state index in [9.17, 15) is 18.0 Å². The summed E-state index contributed by atoms with van der Waals surface area (Å²) >= 11 is 0. The zero-order valence-corrected chi connectivity index (χ0v) is 18.4. The van der Waals surface area contributed by atoms with Crippen LogP contribution in [0.1, 0.15) is 41.3 Å². The molecule has 4 nitrogen and oxygen atoms in total. The largest absolute Gasteiger partial charge is 0.465 e. The number of carbonyl (C=O) groups excluding carboxylic acids is 1. The highest BCUT2D eigenvalue weighted by atomic mass is 19.4. The number of carbonyl (C=O) groups is 1. The molecule has 2 aromatic rings. The predicted octanol–water partition coefficient (Wildman–Crippen LogP) is 5.45. The Morgan fingerprint density at radius 2 is 1.78 bits per heavy atom. The van der Waals surface area contributed by atoms with Crippen molar-refractivity contribution in [2.75, 3.05) is 25.5 Å². The van der Waals surface area contributed by atoms with Crippen molar-refractivity contribution in [1.29, 1.82) is 0 Å². The number of nitrogens with zero attached hydrogens (tertiary/aromatic N) is 1. The molecular formula is C25H29F3N2O2. The predicted molar refractivity (Wildman–Crippen MR) is 117 cm³/mol. The molecule has 32 heavy (non-hydrogen) atoms. The fraction of sp³-hybridized carbons (Fsp3) is 0.480. The summed E-state index contributed by atoms with van der Waals surface area (Å²) in [6, 6.07) is 13.6. The van der Waals surface area contributed by atoms with Gasteiger partial charge in [0, 0.05) is 31.4 Å². The van der Waals surface area contributed by atoms with Gasteiger partial charge in [0.15, 0.2) is 0 Å². The molecule has 1 aliphatic carbocycles. The summed E-state index contributed by atoms with van der Waals surface area (Å²) in [5, 5.41) is 3.13. The minimum Gasteiger partial charge on any atom is -0.465 e. The van der Waals surface area contributed by atoms with Crippen LogP contribution < -0.4 is 5.32 Å². The molecule has 0 amide bonds. The Bertz CT molecular complexity index is 934. The summed E-state index contributed by atoms with van der Waals surface area (Å²) in [5.41, 5.74) is 0.576. The van der Waals surface area contributed by atoms with Crippen molar-refractivity contribution in [3.8, 4) is 0 Å². The lowest BCUT2D eigenvalue weighted by molar-refractivity contribution is -0.137. The lowest BCUT2D eigenvalue weighted by Crippen LogP contribution is -2.46. The van der Waals surface area contributed by atoms with E-state index in [4.69, 9.17) is 0 Å². The summed E-state index contributed by atoms with van der Waals surface area (Å²) < 4.78 is 45.5. The lowest BCUT2D eigenvalue weighted by Gasteiger charge is -2.41. The van der Waals surface area contributed by atoms with Crippen LogP contribution in [0, 0.1) is 17.8 Å². The average molecular weight is 447 g/mol. The van der Waals surface area contributed by atoms with Crippen molar-refractivity contribution < 1.29 is 22.7 Å². The number of halogens is 3. The Kier molecular flexibility index (Phi) is 6.47. The van der Waals surface area contributed by atoms with Gasteiger partial charge >= 0.3 is 12.1 Å². The third-order valence-electron chi connectivity index (χ3n) is 6.94. The number of hydrogen-bond donors (Lipinski definition) is 1. The van der Waals surface area contributed by atoms with Crippen molar-refractivity contribution >= 4 is 11.7 Å². The molecule has 1 heterocycles. The van der Waals surface area contributed by atoms with Crippen LogP contribution in [-0.4, -0.2) is 37.1 Å². The molecule has 7 heteroatoms. The van der Waals surface area contributed by atoms with Crippen LogP contribution in [0.5, 0.6) is 0 Å². The van der Waals surface area contributed by atoms with E-state index in [-0.39, 0.29) is 17.3 Å². The smallest absolute Gasteiger partial charge is 0.418 e. The SMILES string of the molecule is COC(=O)c1ccc(C(F)(F)F)c(N[C@@H](C)C2[C@@H]3CC[C@H]2CN(Cc2ccccc2)C3)c1. The molecule has 2 aliphatic rings. The molecule has 1 unspecified atom stereocenters. The molecule has 2 bridgehead atoms. The average Bonchev–Trinajstić information content (AvgIpc) is 3.04. The van der Waals surface area contributed by atoms with E-state index in [1.807, 2.05) is 25.1 Å². The third kappa shape index (κ3) is 4.77. The van der Waals surface area contributed by atoms with Crippen molar-refractivity contribution in [3.05, 3.63) is 65.2 Å². The van der Waals surface area contributed by atoms with E-state index in [1.54, 1.807) is 0 Å². The van der Waals surface area contributed by atoms with Gasteiger partial charge in [0.1, 0.15) is 0 Å². The highest BCUT2D eigenvalue weighted by Crippen LogP contribution is 2.45. The van der Waals surface area contributed by atoms with Gasteiger partial charge < -0.3 is 10.1 Å². The third-order valence-corrected chi connectivity index (χ3v) is 6.94. The van der Waals surface area contributed by atoms with Crippen LogP contribution in [0.25, 0.3) is 0 Å². The summed E-state index contributed by atoms with van der Waals surface area (Å²) in [7, 11) is 1.22. The molecule has 4 rings (SSSR count). The minimum absolute atomic E-state index is 0.0565. The Balaban J connectivity index is 1.50. The molecular weight excluding hydrogens is 417 g/mol. The van der Waals surface area contributed by atoms with E-state index >= 15 is 0 Å². The summed E-state index contributed by atoms with van der Waals surface area (Å²) in [6.07, 6.45) is -2.31.